The quantitative estimate of drug-likeness (QED) is 0.217. The molecule has 5 rings (SSSR count). The van der Waals surface area contributed by atoms with Crippen LogP contribution in [-0.4, -0.2) is 0 Å². The van der Waals surface area contributed by atoms with E-state index in [0.717, 1.165) is 0 Å². The van der Waals surface area contributed by atoms with Gasteiger partial charge in [-0.1, -0.05) is 0 Å². The fourth-order valence-electron chi connectivity index (χ4n) is 5.46. The minimum atomic E-state index is -0.322. The summed E-state index contributed by atoms with van der Waals surface area (Å²) in [6.07, 6.45) is 2.39. The van der Waals surface area contributed by atoms with Crippen LogP contribution in [0.1, 0.15) is 50.4 Å². The van der Waals surface area contributed by atoms with Crippen molar-refractivity contribution in [3.63, 3.8) is 0 Å². The molecular formula is C31H27Cl3Ti. The summed E-state index contributed by atoms with van der Waals surface area (Å²) < 4.78 is 1.41. The first-order valence-electron chi connectivity index (χ1n) is 11.2. The van der Waals surface area contributed by atoms with Crippen LogP contribution in [-0.2, 0) is 25.9 Å². The van der Waals surface area contributed by atoms with Gasteiger partial charge in [0, 0.05) is 0 Å². The van der Waals surface area contributed by atoms with Crippen molar-refractivity contribution in [3.05, 3.63) is 145 Å². The van der Waals surface area contributed by atoms with Gasteiger partial charge in [0.05, 0.1) is 0 Å². The zero-order chi connectivity index (χ0) is 22.3. The maximum Gasteiger partial charge on any atom is -1.00 e. The molecule has 0 saturated heterocycles. The molecule has 0 aromatic heterocycles. The number of halogens is 3. The molecule has 0 spiro atoms. The van der Waals surface area contributed by atoms with Crippen molar-refractivity contribution < 1.29 is 57.7 Å². The van der Waals surface area contributed by atoms with Crippen molar-refractivity contribution in [1.29, 1.82) is 0 Å². The van der Waals surface area contributed by atoms with Crippen LogP contribution in [0.4, 0.5) is 0 Å². The Balaban J connectivity index is 0.00000144. The monoisotopic (exact) mass is 552 g/mol. The second-order valence-electron chi connectivity index (χ2n) is 9.08. The summed E-state index contributed by atoms with van der Waals surface area (Å²) in [5, 5.41) is 0. The number of fused-ring (bicyclic) bond motifs is 1. The van der Waals surface area contributed by atoms with E-state index in [9.17, 15) is 0 Å². The molecule has 1 aliphatic carbocycles. The second-order valence-corrected chi connectivity index (χ2v) is 9.98. The van der Waals surface area contributed by atoms with E-state index in [4.69, 9.17) is 0 Å². The molecule has 0 saturated carbocycles. The summed E-state index contributed by atoms with van der Waals surface area (Å²) in [4.78, 5) is 0. The molecule has 35 heavy (non-hydrogen) atoms. The van der Waals surface area contributed by atoms with Gasteiger partial charge < -0.3 is 37.2 Å². The average Bonchev–Trinajstić information content (AvgIpc) is 3.11. The van der Waals surface area contributed by atoms with Gasteiger partial charge in [0.1, 0.15) is 0 Å². The van der Waals surface area contributed by atoms with Crippen LogP contribution in [0.5, 0.6) is 0 Å². The van der Waals surface area contributed by atoms with Gasteiger partial charge in [-0.3, -0.25) is 0 Å². The van der Waals surface area contributed by atoms with Crippen molar-refractivity contribution in [2.45, 2.75) is 32.1 Å². The van der Waals surface area contributed by atoms with Crippen LogP contribution >= 0.6 is 0 Å². The Morgan fingerprint density at radius 2 is 1.00 bits per heavy atom. The maximum absolute atomic E-state index is 2.39. The molecule has 0 bridgehead atoms. The molecule has 4 aromatic carbocycles. The maximum atomic E-state index is 2.39. The SMILES string of the molecule is Cc1cccc(C(c2cccc(C)c2)(c2cccc(C)c2)C2[C]([Ti+3])=Cc3ccccc32)c1.[Cl-].[Cl-].[Cl-]. The van der Waals surface area contributed by atoms with E-state index in [1.807, 2.05) is 0 Å². The number of allylic oxidation sites excluding steroid dienone is 1. The predicted molar refractivity (Wildman–Crippen MR) is 131 cm³/mol. The van der Waals surface area contributed by atoms with Crippen molar-refractivity contribution in [3.8, 4) is 0 Å². The number of rotatable bonds is 4. The fourth-order valence-corrected chi connectivity index (χ4v) is 6.28. The fraction of sp³-hybridized carbons (Fsp3) is 0.161. The molecule has 4 heteroatoms. The zero-order valence-corrected chi connectivity index (χ0v) is 23.9. The Morgan fingerprint density at radius 3 is 1.43 bits per heavy atom. The first-order valence-corrected chi connectivity index (χ1v) is 12.0. The number of aryl methyl sites for hydroxylation is 3. The van der Waals surface area contributed by atoms with Crippen molar-refractivity contribution in [2.24, 2.45) is 0 Å². The Bertz CT molecular complexity index is 1230. The Morgan fingerprint density at radius 1 is 0.571 bits per heavy atom. The Hall–Kier alpha value is -1.80. The van der Waals surface area contributed by atoms with E-state index in [1.54, 1.807) is 0 Å². The Labute approximate surface area is 239 Å². The van der Waals surface area contributed by atoms with E-state index in [1.165, 1.54) is 48.4 Å². The average molecular weight is 554 g/mol. The summed E-state index contributed by atoms with van der Waals surface area (Å²) in [5.41, 5.74) is 10.4. The molecule has 0 aliphatic heterocycles. The van der Waals surface area contributed by atoms with E-state index in [0.29, 0.717) is 0 Å². The van der Waals surface area contributed by atoms with Crippen molar-refractivity contribution in [1.82, 2.24) is 0 Å². The summed E-state index contributed by atoms with van der Waals surface area (Å²) in [6.45, 7) is 6.60. The third-order valence-electron chi connectivity index (χ3n) is 6.78. The minimum Gasteiger partial charge on any atom is -1.00 e. The molecule has 0 heterocycles. The van der Waals surface area contributed by atoms with Crippen molar-refractivity contribution in [2.75, 3.05) is 0 Å². The Kier molecular flexibility index (Phi) is 10.1. The van der Waals surface area contributed by atoms with Crippen LogP contribution in [0.2, 0.25) is 0 Å². The topological polar surface area (TPSA) is 0 Å². The van der Waals surface area contributed by atoms with Gasteiger partial charge >= 0.3 is 204 Å². The largest absolute Gasteiger partial charge is 1.00 e. The standard InChI is InChI=1S/C31H27.3ClH.Ti/c1-22-9-6-13-26(19-22)31(27-14-7-10-23(2)20-27,28-15-8-11-24(3)21-28)30-18-17-25-12-4-5-16-29(25)30;;;;/h4-17,19-21,30H,1-3H3;3*1H;/q;;;;+3/p-3. The summed E-state index contributed by atoms with van der Waals surface area (Å²) >= 11 is 2.31. The molecule has 176 valence electrons. The van der Waals surface area contributed by atoms with Gasteiger partial charge in [0.25, 0.3) is 0 Å². The molecule has 0 nitrogen and oxygen atoms in total. The molecule has 1 atom stereocenters. The molecule has 0 fully saturated rings. The van der Waals surface area contributed by atoms with Gasteiger partial charge in [-0.25, -0.2) is 0 Å². The van der Waals surface area contributed by atoms with Crippen LogP contribution < -0.4 is 37.2 Å². The molecule has 4 aromatic rings. The first-order chi connectivity index (χ1) is 15.5. The molecular weight excluding hydrogens is 527 g/mol. The molecule has 1 unspecified atom stereocenters. The molecule has 1 aliphatic rings. The van der Waals surface area contributed by atoms with E-state index < -0.39 is 0 Å². The molecule has 0 amide bonds. The third-order valence-corrected chi connectivity index (χ3v) is 7.46. The van der Waals surface area contributed by atoms with E-state index in [-0.39, 0.29) is 48.6 Å². The third kappa shape index (κ3) is 5.19. The van der Waals surface area contributed by atoms with Crippen LogP contribution in [0.15, 0.2) is 101 Å². The zero-order valence-electron chi connectivity index (χ0n) is 20.0. The van der Waals surface area contributed by atoms with Gasteiger partial charge in [0.15, 0.2) is 0 Å². The van der Waals surface area contributed by atoms with Crippen LogP contribution in [0.25, 0.3) is 6.08 Å². The second kappa shape index (κ2) is 12.0. The van der Waals surface area contributed by atoms with Gasteiger partial charge in [-0.15, -0.1) is 0 Å². The number of hydrogen-bond acceptors (Lipinski definition) is 0. The minimum absolute atomic E-state index is 0. The predicted octanol–water partition coefficient (Wildman–Crippen LogP) is -1.36. The van der Waals surface area contributed by atoms with E-state index in [2.05, 4.69) is 144 Å². The van der Waals surface area contributed by atoms with Crippen LogP contribution in [0.3, 0.4) is 0 Å². The van der Waals surface area contributed by atoms with Gasteiger partial charge in [-0.2, -0.15) is 0 Å². The molecule has 0 N–H and O–H groups in total. The smallest absolute Gasteiger partial charge is 1.00 e. The van der Waals surface area contributed by atoms with E-state index >= 15 is 0 Å². The van der Waals surface area contributed by atoms with Crippen molar-refractivity contribution >= 4 is 6.08 Å². The summed E-state index contributed by atoms with van der Waals surface area (Å²) in [5.74, 6) is 0.226. The first kappa shape index (κ1) is 29.4. The number of benzene rings is 4. The van der Waals surface area contributed by atoms with Crippen LogP contribution in [0, 0.1) is 20.8 Å². The summed E-state index contributed by atoms with van der Waals surface area (Å²) in [7, 11) is 0. The molecule has 0 radical (unpaired) electrons. The van der Waals surface area contributed by atoms with Gasteiger partial charge in [-0.05, 0) is 0 Å². The summed E-state index contributed by atoms with van der Waals surface area (Å²) in [6, 6.07) is 36.3. The number of hydrogen-bond donors (Lipinski definition) is 0. The normalized spacial score (nSPS) is 14.1. The van der Waals surface area contributed by atoms with Gasteiger partial charge in [0.2, 0.25) is 0 Å².